The number of nitrogens with one attached hydrogen (secondary N) is 1. The standard InChI is InChI=1S/C28H45N3O2/c1-3-4-5-6-7-8-9-10-11-12-13-14-15-16-20-23-26(32)29-27-24(2)30-31(28(27)33)25-21-18-17-19-22-25/h17-19,21-22,27H,3-16,20,23H2,1-2H3,(H,29,32)/t27-/m0/s1. The zero-order valence-electron chi connectivity index (χ0n) is 21.0. The summed E-state index contributed by atoms with van der Waals surface area (Å²) >= 11 is 0. The fourth-order valence-corrected chi connectivity index (χ4v) is 4.38. The van der Waals surface area contributed by atoms with E-state index in [4.69, 9.17) is 0 Å². The summed E-state index contributed by atoms with van der Waals surface area (Å²) in [5.74, 6) is -0.254. The number of hydrazone groups is 1. The molecule has 2 rings (SSSR count). The molecule has 1 aliphatic heterocycles. The third-order valence-corrected chi connectivity index (χ3v) is 6.44. The first-order chi connectivity index (χ1) is 16.1. The Bertz CT molecular complexity index is 717. The zero-order valence-corrected chi connectivity index (χ0v) is 21.0. The Balaban J connectivity index is 1.45. The van der Waals surface area contributed by atoms with Crippen LogP contribution >= 0.6 is 0 Å². The molecule has 0 aromatic heterocycles. The van der Waals surface area contributed by atoms with Crippen LogP contribution in [0.15, 0.2) is 35.4 Å². The first kappa shape index (κ1) is 27.1. The molecule has 0 fully saturated rings. The van der Waals surface area contributed by atoms with Crippen LogP contribution in [0.3, 0.4) is 0 Å². The minimum Gasteiger partial charge on any atom is -0.339 e. The van der Waals surface area contributed by atoms with Crippen LogP contribution in [0.1, 0.15) is 117 Å². The predicted octanol–water partition coefficient (Wildman–Crippen LogP) is 7.16. The minimum absolute atomic E-state index is 0.0625. The number of hydrogen-bond acceptors (Lipinski definition) is 3. The summed E-state index contributed by atoms with van der Waals surface area (Å²) in [6.07, 6.45) is 20.1. The molecule has 1 atom stereocenters. The van der Waals surface area contributed by atoms with Crippen LogP contribution in [0.2, 0.25) is 0 Å². The predicted molar refractivity (Wildman–Crippen MR) is 139 cm³/mol. The molecule has 0 spiro atoms. The number of unbranched alkanes of at least 4 members (excludes halogenated alkanes) is 14. The van der Waals surface area contributed by atoms with Crippen molar-refractivity contribution >= 4 is 23.2 Å². The van der Waals surface area contributed by atoms with E-state index in [0.29, 0.717) is 12.1 Å². The van der Waals surface area contributed by atoms with Gasteiger partial charge in [-0.25, -0.2) is 0 Å². The Hall–Kier alpha value is -2.17. The van der Waals surface area contributed by atoms with Crippen molar-refractivity contribution in [3.05, 3.63) is 30.3 Å². The first-order valence-corrected chi connectivity index (χ1v) is 13.4. The second-order valence-corrected chi connectivity index (χ2v) is 9.43. The number of anilines is 1. The van der Waals surface area contributed by atoms with Gasteiger partial charge >= 0.3 is 0 Å². The Morgan fingerprint density at radius 3 is 1.82 bits per heavy atom. The van der Waals surface area contributed by atoms with Crippen molar-refractivity contribution in [2.45, 2.75) is 123 Å². The molecule has 0 bridgehead atoms. The highest BCUT2D eigenvalue weighted by Crippen LogP contribution is 2.20. The maximum Gasteiger partial charge on any atom is 0.275 e. The number of benzene rings is 1. The monoisotopic (exact) mass is 455 g/mol. The second kappa shape index (κ2) is 16.4. The number of nitrogens with zero attached hydrogens (tertiary/aromatic N) is 2. The molecule has 1 heterocycles. The average Bonchev–Trinajstić information content (AvgIpc) is 3.10. The number of para-hydroxylation sites is 1. The van der Waals surface area contributed by atoms with Crippen molar-refractivity contribution in [1.82, 2.24) is 5.32 Å². The van der Waals surface area contributed by atoms with Gasteiger partial charge in [0.1, 0.15) is 0 Å². The number of amides is 2. The van der Waals surface area contributed by atoms with Crippen molar-refractivity contribution in [3.8, 4) is 0 Å². The van der Waals surface area contributed by atoms with Crippen LogP contribution in [0, 0.1) is 0 Å². The van der Waals surface area contributed by atoms with E-state index in [0.717, 1.165) is 18.5 Å². The first-order valence-electron chi connectivity index (χ1n) is 13.4. The third kappa shape index (κ3) is 10.5. The van der Waals surface area contributed by atoms with Crippen LogP contribution in [-0.2, 0) is 9.59 Å². The maximum atomic E-state index is 12.7. The number of hydrogen-bond donors (Lipinski definition) is 1. The summed E-state index contributed by atoms with van der Waals surface area (Å²) < 4.78 is 0. The molecular formula is C28H45N3O2. The molecule has 0 aliphatic carbocycles. The van der Waals surface area contributed by atoms with E-state index in [2.05, 4.69) is 17.3 Å². The topological polar surface area (TPSA) is 61.8 Å². The lowest BCUT2D eigenvalue weighted by atomic mass is 10.0. The fraction of sp³-hybridized carbons (Fsp3) is 0.679. The summed E-state index contributed by atoms with van der Waals surface area (Å²) in [5.41, 5.74) is 1.36. The zero-order chi connectivity index (χ0) is 23.7. The number of carbonyl (C=O) groups is 2. The molecule has 0 radical (unpaired) electrons. The van der Waals surface area contributed by atoms with Gasteiger partial charge in [-0.2, -0.15) is 10.1 Å². The van der Waals surface area contributed by atoms with Crippen LogP contribution in [0.4, 0.5) is 5.69 Å². The molecule has 1 aromatic carbocycles. The Labute approximate surface area is 201 Å². The third-order valence-electron chi connectivity index (χ3n) is 6.44. The van der Waals surface area contributed by atoms with Crippen LogP contribution in [-0.4, -0.2) is 23.6 Å². The normalized spacial score (nSPS) is 15.7. The van der Waals surface area contributed by atoms with Gasteiger partial charge < -0.3 is 5.32 Å². The highest BCUT2D eigenvalue weighted by molar-refractivity contribution is 6.19. The van der Waals surface area contributed by atoms with E-state index in [1.54, 1.807) is 6.92 Å². The average molecular weight is 456 g/mol. The highest BCUT2D eigenvalue weighted by atomic mass is 16.2. The molecule has 0 saturated heterocycles. The summed E-state index contributed by atoms with van der Waals surface area (Å²) in [6.45, 7) is 4.06. The number of rotatable bonds is 18. The smallest absolute Gasteiger partial charge is 0.275 e. The van der Waals surface area contributed by atoms with E-state index in [-0.39, 0.29) is 11.8 Å². The Kier molecular flexibility index (Phi) is 13.5. The molecule has 1 aromatic rings. The van der Waals surface area contributed by atoms with Gasteiger partial charge in [0.2, 0.25) is 5.91 Å². The number of carbonyl (C=O) groups excluding carboxylic acids is 2. The Morgan fingerprint density at radius 2 is 1.30 bits per heavy atom. The molecule has 0 saturated carbocycles. The second-order valence-electron chi connectivity index (χ2n) is 9.43. The van der Waals surface area contributed by atoms with Crippen molar-refractivity contribution < 1.29 is 9.59 Å². The van der Waals surface area contributed by atoms with Crippen molar-refractivity contribution in [2.75, 3.05) is 5.01 Å². The lowest BCUT2D eigenvalue weighted by Crippen LogP contribution is -2.45. The molecule has 184 valence electrons. The molecule has 1 N–H and O–H groups in total. The summed E-state index contributed by atoms with van der Waals surface area (Å²) in [6, 6.07) is 8.68. The van der Waals surface area contributed by atoms with Gasteiger partial charge in [0, 0.05) is 6.42 Å². The van der Waals surface area contributed by atoms with E-state index in [1.807, 2.05) is 30.3 Å². The SMILES string of the molecule is CCCCCCCCCCCCCCCCCC(=O)N[C@@H]1C(=O)N(c2ccccc2)N=C1C. The van der Waals surface area contributed by atoms with Crippen molar-refractivity contribution in [3.63, 3.8) is 0 Å². The van der Waals surface area contributed by atoms with Gasteiger partial charge in [0.05, 0.1) is 11.4 Å². The Morgan fingerprint density at radius 1 is 0.818 bits per heavy atom. The molecule has 2 amide bonds. The van der Waals surface area contributed by atoms with Gasteiger partial charge in [-0.3, -0.25) is 9.59 Å². The summed E-state index contributed by atoms with van der Waals surface area (Å²) in [4.78, 5) is 25.0. The van der Waals surface area contributed by atoms with Gasteiger partial charge in [0.15, 0.2) is 6.04 Å². The van der Waals surface area contributed by atoms with E-state index >= 15 is 0 Å². The molecule has 33 heavy (non-hydrogen) atoms. The van der Waals surface area contributed by atoms with E-state index in [9.17, 15) is 9.59 Å². The summed E-state index contributed by atoms with van der Waals surface area (Å²) in [5, 5.41) is 8.59. The largest absolute Gasteiger partial charge is 0.339 e. The van der Waals surface area contributed by atoms with Crippen molar-refractivity contribution in [2.24, 2.45) is 5.10 Å². The molecule has 5 heteroatoms. The van der Waals surface area contributed by atoms with Gasteiger partial charge in [-0.1, -0.05) is 115 Å². The quantitative estimate of drug-likeness (QED) is 0.239. The molecule has 1 aliphatic rings. The van der Waals surface area contributed by atoms with Crippen molar-refractivity contribution in [1.29, 1.82) is 0 Å². The minimum atomic E-state index is -0.644. The van der Waals surface area contributed by atoms with Crippen LogP contribution < -0.4 is 10.3 Å². The maximum absolute atomic E-state index is 12.7. The van der Waals surface area contributed by atoms with Gasteiger partial charge in [-0.05, 0) is 25.5 Å². The fourth-order valence-electron chi connectivity index (χ4n) is 4.38. The van der Waals surface area contributed by atoms with Gasteiger partial charge in [0.25, 0.3) is 5.91 Å². The van der Waals surface area contributed by atoms with Crippen LogP contribution in [0.5, 0.6) is 0 Å². The highest BCUT2D eigenvalue weighted by Gasteiger charge is 2.35. The molecule has 5 nitrogen and oxygen atoms in total. The van der Waals surface area contributed by atoms with Gasteiger partial charge in [-0.15, -0.1) is 0 Å². The molecule has 0 unspecified atom stereocenters. The summed E-state index contributed by atoms with van der Waals surface area (Å²) in [7, 11) is 0. The van der Waals surface area contributed by atoms with E-state index < -0.39 is 6.04 Å². The molecular weight excluding hydrogens is 410 g/mol. The van der Waals surface area contributed by atoms with Crippen LogP contribution in [0.25, 0.3) is 0 Å². The lowest BCUT2D eigenvalue weighted by molar-refractivity contribution is -0.125. The lowest BCUT2D eigenvalue weighted by Gasteiger charge is -2.15. The van der Waals surface area contributed by atoms with E-state index in [1.165, 1.54) is 88.5 Å².